The monoisotopic (exact) mass is 1170 g/mol. The lowest BCUT2D eigenvalue weighted by molar-refractivity contribution is -0.137. The summed E-state index contributed by atoms with van der Waals surface area (Å²) in [7, 11) is 0. The van der Waals surface area contributed by atoms with E-state index in [1.165, 1.54) is 23.1 Å². The van der Waals surface area contributed by atoms with Crippen LogP contribution in [0.15, 0.2) is 90.0 Å². The molecule has 6 aliphatic heterocycles. The summed E-state index contributed by atoms with van der Waals surface area (Å²) in [6, 6.07) is 11.3. The molecule has 452 valence electrons. The topological polar surface area (TPSA) is 252 Å². The van der Waals surface area contributed by atoms with Gasteiger partial charge in [-0.15, -0.1) is 0 Å². The predicted molar refractivity (Wildman–Crippen MR) is 316 cm³/mol. The van der Waals surface area contributed by atoms with Crippen LogP contribution < -0.4 is 34.5 Å². The summed E-state index contributed by atoms with van der Waals surface area (Å²) in [6.07, 6.45) is 10.1. The second-order valence-electron chi connectivity index (χ2n) is 23.0. The maximum absolute atomic E-state index is 14.5. The Labute approximate surface area is 495 Å². The fourth-order valence-corrected chi connectivity index (χ4v) is 11.3. The van der Waals surface area contributed by atoms with Crippen molar-refractivity contribution in [2.24, 2.45) is 16.8 Å². The number of nitrogens with zero attached hydrogens (tertiary/aromatic N) is 5. The molecule has 0 radical (unpaired) electrons. The summed E-state index contributed by atoms with van der Waals surface area (Å²) in [5.74, 6) is -1.81. The number of ketones is 1. The lowest BCUT2D eigenvalue weighted by Crippen LogP contribution is -2.50. The largest absolute Gasteiger partial charge is 0.490 e. The average molecular weight is 1170 g/mol. The Morgan fingerprint density at radius 1 is 0.718 bits per heavy atom. The van der Waals surface area contributed by atoms with Crippen molar-refractivity contribution in [3.63, 3.8) is 0 Å². The third-order valence-corrected chi connectivity index (χ3v) is 16.1. The molecule has 0 aromatic heterocycles. The van der Waals surface area contributed by atoms with Gasteiger partial charge in [0.05, 0.1) is 67.1 Å². The number of anilines is 2. The van der Waals surface area contributed by atoms with Crippen LogP contribution in [-0.4, -0.2) is 144 Å². The fourth-order valence-electron chi connectivity index (χ4n) is 11.3. The van der Waals surface area contributed by atoms with Gasteiger partial charge in [-0.2, -0.15) is 0 Å². The molecule has 85 heavy (non-hydrogen) atoms. The molecule has 21 heteroatoms. The zero-order chi connectivity index (χ0) is 60.3. The highest BCUT2D eigenvalue weighted by Gasteiger charge is 2.46. The van der Waals surface area contributed by atoms with Gasteiger partial charge in [0.15, 0.2) is 35.0 Å². The molecule has 3 aromatic carbocycles. The van der Waals surface area contributed by atoms with E-state index in [-0.39, 0.29) is 111 Å². The van der Waals surface area contributed by atoms with E-state index in [1.54, 1.807) is 60.5 Å². The van der Waals surface area contributed by atoms with Gasteiger partial charge < -0.3 is 49.2 Å². The third kappa shape index (κ3) is 15.0. The van der Waals surface area contributed by atoms with Crippen molar-refractivity contribution >= 4 is 70.6 Å². The zero-order valence-electron chi connectivity index (χ0n) is 48.8. The van der Waals surface area contributed by atoms with E-state index in [4.69, 9.17) is 28.7 Å². The number of unbranched alkanes of at least 4 members (excludes halogenated alkanes) is 2. The molecule has 21 nitrogen and oxygen atoms in total. The van der Waals surface area contributed by atoms with Crippen molar-refractivity contribution in [3.05, 3.63) is 102 Å². The van der Waals surface area contributed by atoms with E-state index in [9.17, 15) is 43.5 Å². The Balaban J connectivity index is 0.833. The Morgan fingerprint density at radius 2 is 1.31 bits per heavy atom. The lowest BCUT2D eigenvalue weighted by Gasteiger charge is -2.31. The first kappa shape index (κ1) is 61.2. The van der Waals surface area contributed by atoms with Crippen LogP contribution in [0.2, 0.25) is 0 Å². The number of carbonyl (C=O) groups excluding carboxylic acids is 8. The number of imide groups is 1. The normalized spacial score (nSPS) is 20.7. The molecule has 0 saturated carbocycles. The van der Waals surface area contributed by atoms with Crippen LogP contribution in [0.5, 0.6) is 23.0 Å². The van der Waals surface area contributed by atoms with Gasteiger partial charge in [0, 0.05) is 81.0 Å². The molecule has 0 bridgehead atoms. The smallest absolute Gasteiger partial charge is 0.416 e. The number of ether oxygens (including phenoxy) is 5. The Hall–Kier alpha value is -8.33. The van der Waals surface area contributed by atoms with Crippen molar-refractivity contribution < 1.29 is 67.1 Å². The molecule has 5 atom stereocenters. The number of aliphatic hydroxyl groups is 1. The van der Waals surface area contributed by atoms with Crippen molar-refractivity contribution in [3.8, 4) is 23.0 Å². The van der Waals surface area contributed by atoms with Crippen molar-refractivity contribution in [1.82, 2.24) is 20.0 Å². The van der Waals surface area contributed by atoms with Gasteiger partial charge in [-0.05, 0) is 74.3 Å². The highest BCUT2D eigenvalue weighted by molar-refractivity contribution is 6.13. The molecule has 0 spiro atoms. The summed E-state index contributed by atoms with van der Waals surface area (Å²) in [5, 5.41) is 17.8. The molecule has 7 amide bonds. The molecule has 3 N–H and O–H groups in total. The van der Waals surface area contributed by atoms with E-state index in [0.717, 1.165) is 53.9 Å². The molecule has 9 rings (SSSR count). The van der Waals surface area contributed by atoms with Crippen LogP contribution in [0.4, 0.5) is 21.9 Å². The summed E-state index contributed by atoms with van der Waals surface area (Å²) in [5.41, 5.74) is 3.77. The number of aliphatic hydroxyl groups excluding tert-OH is 1. The predicted octanol–water partition coefficient (Wildman–Crippen LogP) is 8.54. The maximum atomic E-state index is 14.5. The SMILES string of the molecule is C=C1C[C@H]2C=Nc3cc4c(cc3C(=O)N2C1)OCCCCCCCCOc1cc2c(cc1OCCCO4)N(C(=O)OCc1ccc(NC(=O)[C@H](C)CC(=O)[C@@H](NC(=O)CCCCCN3C(=O)C=CC3=O)C(C)C)cc1)C(O)[C@@H]1CC(=C)CN1C2=O. The molecular weight excluding hydrogens is 1090 g/mol. The number of amides is 7. The van der Waals surface area contributed by atoms with E-state index in [2.05, 4.69) is 23.8 Å². The number of Topliss-reactive ketones (excluding diaryl/α,β-unsaturated/α-hetero) is 1. The number of hydrogen-bond acceptors (Lipinski definition) is 15. The maximum Gasteiger partial charge on any atom is 0.416 e. The average Bonchev–Trinajstić information content (AvgIpc) is 1.84. The number of fused-ring (bicyclic) bond motifs is 6. The second kappa shape index (κ2) is 28.0. The van der Waals surface area contributed by atoms with Crippen molar-refractivity contribution in [2.45, 2.75) is 142 Å². The van der Waals surface area contributed by atoms with Gasteiger partial charge in [0.25, 0.3) is 23.6 Å². The quantitative estimate of drug-likeness (QED) is 0.0733. The number of nitrogens with one attached hydrogen (secondary N) is 2. The van der Waals surface area contributed by atoms with Crippen LogP contribution >= 0.6 is 0 Å². The van der Waals surface area contributed by atoms with Crippen molar-refractivity contribution in [2.75, 3.05) is 56.3 Å². The van der Waals surface area contributed by atoms with Crippen molar-refractivity contribution in [1.29, 1.82) is 0 Å². The molecule has 2 saturated heterocycles. The molecule has 2 fully saturated rings. The van der Waals surface area contributed by atoms with Crippen LogP contribution in [0.3, 0.4) is 0 Å². The van der Waals surface area contributed by atoms with Gasteiger partial charge in [0.2, 0.25) is 11.8 Å². The Bertz CT molecular complexity index is 3120. The van der Waals surface area contributed by atoms with E-state index >= 15 is 0 Å². The van der Waals surface area contributed by atoms with Gasteiger partial charge in [-0.25, -0.2) is 9.69 Å². The minimum Gasteiger partial charge on any atom is -0.490 e. The van der Waals surface area contributed by atoms with Gasteiger partial charge in [0.1, 0.15) is 6.61 Å². The van der Waals surface area contributed by atoms with Crippen LogP contribution in [0.25, 0.3) is 0 Å². The summed E-state index contributed by atoms with van der Waals surface area (Å²) in [6.45, 7) is 15.2. The Kier molecular flexibility index (Phi) is 20.2. The van der Waals surface area contributed by atoms with E-state index < -0.39 is 42.1 Å². The number of carbonyl (C=O) groups is 8. The highest BCUT2D eigenvalue weighted by Crippen LogP contribution is 2.43. The number of aliphatic imine (C=N–C) groups is 1. The molecule has 1 unspecified atom stereocenters. The minimum absolute atomic E-state index is 0.0664. The minimum atomic E-state index is -1.54. The standard InChI is InChI=1S/C64H77N7O14/c1-39(2)59(67-56(73)16-11-10-12-23-68-57(74)21-22-58(68)75)51(72)30-42(5)60(76)66-44-19-17-43(18-20-44)38-85-64(80)71-49-34-55-53(32-47(49)62(78)70-37-41(4)29-50(70)63(71)79)82-25-14-9-7-6-8-13-24-81-52-31-46-48(33-54(52)83-26-15-27-84-55)65-35-45-28-40(3)36-69(45)61(46)77/h17-22,31-35,39,42,45,50,59,63,79H,3-4,6-16,23-30,36-38H2,1-2,5H3,(H,66,76)(H,67,73)/t42-,45+,50+,59+,63?/m1/s1. The number of hydrogen-bond donors (Lipinski definition) is 3. The van der Waals surface area contributed by atoms with E-state index in [1.807, 2.05) is 13.8 Å². The first-order valence-corrected chi connectivity index (χ1v) is 29.7. The molecular formula is C64H77N7O14. The highest BCUT2D eigenvalue weighted by atomic mass is 16.6. The lowest BCUT2D eigenvalue weighted by atomic mass is 9.92. The van der Waals surface area contributed by atoms with E-state index in [0.29, 0.717) is 97.2 Å². The third-order valence-electron chi connectivity index (χ3n) is 16.1. The molecule has 0 aliphatic carbocycles. The number of rotatable bonds is 15. The first-order chi connectivity index (χ1) is 40.9. The summed E-state index contributed by atoms with van der Waals surface area (Å²) < 4.78 is 31.3. The van der Waals surface area contributed by atoms with Gasteiger partial charge in [-0.3, -0.25) is 43.5 Å². The molecule has 6 aliphatic rings. The molecule has 3 aromatic rings. The summed E-state index contributed by atoms with van der Waals surface area (Å²) >= 11 is 0. The van der Waals surface area contributed by atoms with Crippen LogP contribution in [0.1, 0.15) is 137 Å². The first-order valence-electron chi connectivity index (χ1n) is 29.7. The van der Waals surface area contributed by atoms with Gasteiger partial charge in [-0.1, -0.05) is 89.3 Å². The van der Waals surface area contributed by atoms with Crippen LogP contribution in [0, 0.1) is 11.8 Å². The zero-order valence-corrected chi connectivity index (χ0v) is 48.8. The second-order valence-corrected chi connectivity index (χ2v) is 23.0. The van der Waals surface area contributed by atoms with Gasteiger partial charge >= 0.3 is 6.09 Å². The Morgan fingerprint density at radius 3 is 1.98 bits per heavy atom. The molecule has 6 heterocycles. The summed E-state index contributed by atoms with van der Waals surface area (Å²) in [4.78, 5) is 116. The van der Waals surface area contributed by atoms with Crippen LogP contribution in [-0.2, 0) is 35.3 Å². The fraction of sp³-hybridized carbons (Fsp3) is 0.484. The number of benzene rings is 3.